The maximum absolute atomic E-state index is 11.0. The van der Waals surface area contributed by atoms with E-state index >= 15 is 0 Å². The van der Waals surface area contributed by atoms with Crippen LogP contribution in [-0.4, -0.2) is 76.3 Å². The molecule has 0 saturated heterocycles. The fourth-order valence-corrected chi connectivity index (χ4v) is 3.59. The molecule has 0 aliphatic carbocycles. The van der Waals surface area contributed by atoms with Gasteiger partial charge in [0, 0.05) is 13.0 Å². The molecular formula is C20H44NO5S+. The second kappa shape index (κ2) is 16.7. The van der Waals surface area contributed by atoms with Crippen LogP contribution in [0.15, 0.2) is 0 Å². The molecule has 0 radical (unpaired) electrons. The van der Waals surface area contributed by atoms with E-state index in [2.05, 4.69) is 20.9 Å². The van der Waals surface area contributed by atoms with Crippen molar-refractivity contribution in [3.05, 3.63) is 0 Å². The number of hydrogen-bond donors (Lipinski definition) is 1. The predicted molar refractivity (Wildman–Crippen MR) is 112 cm³/mol. The van der Waals surface area contributed by atoms with E-state index in [0.717, 1.165) is 50.0 Å². The number of ether oxygens (including phenoxy) is 2. The second-order valence-corrected chi connectivity index (χ2v) is 9.35. The molecule has 0 bridgehead atoms. The molecule has 0 heterocycles. The summed E-state index contributed by atoms with van der Waals surface area (Å²) in [5, 5.41) is 0. The van der Waals surface area contributed by atoms with Gasteiger partial charge in [0.25, 0.3) is 10.1 Å². The number of hydrogen-bond acceptors (Lipinski definition) is 4. The van der Waals surface area contributed by atoms with Crippen molar-refractivity contribution in [3.63, 3.8) is 0 Å². The third-order valence-corrected chi connectivity index (χ3v) is 5.75. The number of nitrogens with zero attached hydrogens (tertiary/aromatic N) is 1. The molecule has 6 nitrogen and oxygen atoms in total. The highest BCUT2D eigenvalue weighted by molar-refractivity contribution is 7.85. The first-order valence-electron chi connectivity index (χ1n) is 10.8. The molecule has 0 aromatic rings. The molecule has 27 heavy (non-hydrogen) atoms. The Bertz CT molecular complexity index is 430. The minimum absolute atomic E-state index is 0.163. The third kappa shape index (κ3) is 18.9. The van der Waals surface area contributed by atoms with E-state index in [4.69, 9.17) is 14.0 Å². The summed E-state index contributed by atoms with van der Waals surface area (Å²) in [6.07, 6.45) is 10.2. The van der Waals surface area contributed by atoms with Gasteiger partial charge in [0.05, 0.1) is 45.7 Å². The topological polar surface area (TPSA) is 72.8 Å². The molecule has 164 valence electrons. The average molecular weight is 411 g/mol. The summed E-state index contributed by atoms with van der Waals surface area (Å²) in [7, 11) is -1.72. The fraction of sp³-hybridized carbons (Fsp3) is 1.00. The lowest BCUT2D eigenvalue weighted by atomic mass is 10.1. The second-order valence-electron chi connectivity index (χ2n) is 7.78. The van der Waals surface area contributed by atoms with Gasteiger partial charge in [-0.2, -0.15) is 8.42 Å². The van der Waals surface area contributed by atoms with Gasteiger partial charge in [0.15, 0.2) is 0 Å². The van der Waals surface area contributed by atoms with Crippen LogP contribution in [0.1, 0.15) is 71.6 Å². The number of unbranched alkanes of at least 4 members (excludes halogenated alkanes) is 6. The van der Waals surface area contributed by atoms with Crippen molar-refractivity contribution in [2.45, 2.75) is 71.6 Å². The third-order valence-electron chi connectivity index (χ3n) is 4.94. The quantitative estimate of drug-likeness (QED) is 0.187. The zero-order chi connectivity index (χ0) is 20.4. The van der Waals surface area contributed by atoms with E-state index in [0.29, 0.717) is 26.2 Å². The molecule has 0 aliphatic rings. The zero-order valence-electron chi connectivity index (χ0n) is 18.0. The molecule has 0 fully saturated rings. The highest BCUT2D eigenvalue weighted by Gasteiger charge is 2.21. The first-order valence-corrected chi connectivity index (χ1v) is 12.4. The minimum Gasteiger partial charge on any atom is -0.379 e. The Hall–Kier alpha value is -0.210. The first kappa shape index (κ1) is 26.8. The van der Waals surface area contributed by atoms with Gasteiger partial charge in [-0.05, 0) is 19.3 Å². The lowest BCUT2D eigenvalue weighted by molar-refractivity contribution is -0.910. The largest absolute Gasteiger partial charge is 0.379 e. The number of quaternary nitrogens is 1. The van der Waals surface area contributed by atoms with Crippen molar-refractivity contribution in [2.75, 3.05) is 58.9 Å². The normalized spacial score (nSPS) is 14.4. The van der Waals surface area contributed by atoms with Crippen LogP contribution in [0.5, 0.6) is 0 Å². The summed E-state index contributed by atoms with van der Waals surface area (Å²) in [5.74, 6) is -0.163. The van der Waals surface area contributed by atoms with Crippen LogP contribution in [0.3, 0.4) is 0 Å². The summed E-state index contributed by atoms with van der Waals surface area (Å²) >= 11 is 0. The van der Waals surface area contributed by atoms with Crippen LogP contribution in [0, 0.1) is 0 Å². The van der Waals surface area contributed by atoms with Gasteiger partial charge < -0.3 is 14.0 Å². The lowest BCUT2D eigenvalue weighted by Gasteiger charge is -2.34. The van der Waals surface area contributed by atoms with Crippen molar-refractivity contribution in [2.24, 2.45) is 0 Å². The maximum Gasteiger partial charge on any atom is 0.265 e. The van der Waals surface area contributed by atoms with E-state index in [9.17, 15) is 8.42 Å². The van der Waals surface area contributed by atoms with Crippen LogP contribution >= 0.6 is 0 Å². The summed E-state index contributed by atoms with van der Waals surface area (Å²) < 4.78 is 43.0. The van der Waals surface area contributed by atoms with Gasteiger partial charge in [0.2, 0.25) is 0 Å². The van der Waals surface area contributed by atoms with Crippen molar-refractivity contribution in [1.82, 2.24) is 0 Å². The molecule has 0 aromatic heterocycles. The predicted octanol–water partition coefficient (Wildman–Crippen LogP) is 3.90. The van der Waals surface area contributed by atoms with Gasteiger partial charge >= 0.3 is 0 Å². The van der Waals surface area contributed by atoms with Crippen LogP contribution in [0.4, 0.5) is 0 Å². The summed E-state index contributed by atoms with van der Waals surface area (Å²) in [4.78, 5) is 0. The highest BCUT2D eigenvalue weighted by atomic mass is 32.2. The fourth-order valence-electron chi connectivity index (χ4n) is 3.09. The molecule has 1 unspecified atom stereocenters. The Morgan fingerprint density at radius 2 is 1.26 bits per heavy atom. The van der Waals surface area contributed by atoms with E-state index in [1.165, 1.54) is 32.1 Å². The molecule has 7 heteroatoms. The maximum atomic E-state index is 11.0. The number of rotatable bonds is 20. The molecule has 0 rings (SSSR count). The molecule has 0 amide bonds. The standard InChI is InChI=1S/C20H43NO5S/c1-4-6-8-9-10-11-13-21(3,14-12-20-27(22,23)24)15-17-26-19-18-25-16-7-5-2/h4-20H2,1-3H3/p+1. The van der Waals surface area contributed by atoms with Gasteiger partial charge in [-0.15, -0.1) is 0 Å². The summed E-state index contributed by atoms with van der Waals surface area (Å²) in [6, 6.07) is 0. The van der Waals surface area contributed by atoms with Gasteiger partial charge in [-0.1, -0.05) is 46.0 Å². The van der Waals surface area contributed by atoms with E-state index < -0.39 is 10.1 Å². The van der Waals surface area contributed by atoms with Crippen molar-refractivity contribution in [1.29, 1.82) is 0 Å². The van der Waals surface area contributed by atoms with Crippen LogP contribution in [0.25, 0.3) is 0 Å². The lowest BCUT2D eigenvalue weighted by Crippen LogP contribution is -2.48. The zero-order valence-corrected chi connectivity index (χ0v) is 18.8. The van der Waals surface area contributed by atoms with Gasteiger partial charge in [0.1, 0.15) is 6.54 Å². The monoisotopic (exact) mass is 410 g/mol. The van der Waals surface area contributed by atoms with Crippen molar-refractivity contribution >= 4 is 10.1 Å². The summed E-state index contributed by atoms with van der Waals surface area (Å²) in [6.45, 7) is 9.66. The van der Waals surface area contributed by atoms with E-state index in [1.54, 1.807) is 0 Å². The Morgan fingerprint density at radius 3 is 1.89 bits per heavy atom. The van der Waals surface area contributed by atoms with Crippen LogP contribution in [-0.2, 0) is 19.6 Å². The molecule has 0 spiro atoms. The van der Waals surface area contributed by atoms with Gasteiger partial charge in [-0.25, -0.2) is 0 Å². The Balaban J connectivity index is 4.13. The first-order chi connectivity index (χ1) is 12.8. The van der Waals surface area contributed by atoms with E-state index in [1.807, 2.05) is 0 Å². The van der Waals surface area contributed by atoms with Crippen molar-refractivity contribution < 1.29 is 26.9 Å². The SMILES string of the molecule is CCCCCCCC[N+](C)(CCCS(=O)(=O)O)CCOCCOCCCC. The summed E-state index contributed by atoms with van der Waals surface area (Å²) in [5.41, 5.74) is 0. The number of likely N-dealkylation sites (N-methyl/N-ethyl adjacent to an activating group) is 1. The molecular weight excluding hydrogens is 366 g/mol. The Morgan fingerprint density at radius 1 is 0.704 bits per heavy atom. The Labute approximate surface area is 167 Å². The van der Waals surface area contributed by atoms with Crippen molar-refractivity contribution in [3.8, 4) is 0 Å². The molecule has 1 N–H and O–H groups in total. The molecule has 0 aromatic carbocycles. The van der Waals surface area contributed by atoms with Crippen LogP contribution in [0.2, 0.25) is 0 Å². The molecule has 0 aliphatic heterocycles. The van der Waals surface area contributed by atoms with Crippen LogP contribution < -0.4 is 0 Å². The van der Waals surface area contributed by atoms with E-state index in [-0.39, 0.29) is 5.75 Å². The smallest absolute Gasteiger partial charge is 0.265 e. The average Bonchev–Trinajstić information content (AvgIpc) is 2.59. The Kier molecular flexibility index (Phi) is 16.6. The molecule has 0 saturated carbocycles. The van der Waals surface area contributed by atoms with Gasteiger partial charge in [-0.3, -0.25) is 4.55 Å². The minimum atomic E-state index is -3.88. The molecule has 1 atom stereocenters. The highest BCUT2D eigenvalue weighted by Crippen LogP contribution is 2.11.